The van der Waals surface area contributed by atoms with E-state index < -0.39 is 0 Å². The summed E-state index contributed by atoms with van der Waals surface area (Å²) in [6.07, 6.45) is 0.948. The van der Waals surface area contributed by atoms with Gasteiger partial charge < -0.3 is 4.98 Å². The maximum atomic E-state index is 5.10. The molecular weight excluding hydrogens is 212 g/mol. The fourth-order valence-corrected chi connectivity index (χ4v) is 2.11. The van der Waals surface area contributed by atoms with Crippen molar-refractivity contribution in [3.63, 3.8) is 0 Å². The molecule has 0 unspecified atom stereocenters. The summed E-state index contributed by atoms with van der Waals surface area (Å²) in [6.45, 7) is 2.10. The molecule has 0 aliphatic heterocycles. The predicted octanol–water partition coefficient (Wildman–Crippen LogP) is 3.43. The third kappa shape index (κ3) is 1.91. The van der Waals surface area contributed by atoms with Gasteiger partial charge in [-0.3, -0.25) is 0 Å². The molecule has 2 rings (SSSR count). The molecule has 2 aromatic rings. The highest BCUT2D eigenvalue weighted by molar-refractivity contribution is 7.71. The molecule has 0 aromatic carbocycles. The maximum absolute atomic E-state index is 5.10. The van der Waals surface area contributed by atoms with Crippen LogP contribution in [0.2, 0.25) is 0 Å². The Hall–Kier alpha value is -1.00. The second-order valence-corrected chi connectivity index (χ2v) is 4.16. The van der Waals surface area contributed by atoms with Crippen LogP contribution < -0.4 is 0 Å². The van der Waals surface area contributed by atoms with Crippen molar-refractivity contribution in [2.24, 2.45) is 0 Å². The normalized spacial score (nSPS) is 10.4. The minimum Gasteiger partial charge on any atom is -0.343 e. The summed E-state index contributed by atoms with van der Waals surface area (Å²) in [5, 5.41) is 4.10. The molecule has 0 saturated heterocycles. The van der Waals surface area contributed by atoms with Crippen molar-refractivity contribution in [3.8, 4) is 11.4 Å². The molecule has 2 nitrogen and oxygen atoms in total. The number of aromatic amines is 1. The van der Waals surface area contributed by atoms with Crippen molar-refractivity contribution >= 4 is 23.6 Å². The number of aromatic nitrogens is 2. The number of hydrogen-bond acceptors (Lipinski definition) is 3. The zero-order chi connectivity index (χ0) is 9.97. The average molecular weight is 222 g/mol. The summed E-state index contributed by atoms with van der Waals surface area (Å²) in [5.41, 5.74) is 2.24. The van der Waals surface area contributed by atoms with E-state index in [0.717, 1.165) is 23.5 Å². The van der Waals surface area contributed by atoms with E-state index in [1.54, 1.807) is 11.3 Å². The second-order valence-electron chi connectivity index (χ2n) is 2.96. The number of thiophene rings is 1. The Balaban J connectivity index is 2.54. The maximum Gasteiger partial charge on any atom is 0.139 e. The van der Waals surface area contributed by atoms with Crippen LogP contribution in [0, 0.1) is 4.64 Å². The zero-order valence-electron chi connectivity index (χ0n) is 7.78. The van der Waals surface area contributed by atoms with E-state index in [1.807, 2.05) is 17.5 Å². The van der Waals surface area contributed by atoms with Crippen molar-refractivity contribution < 1.29 is 0 Å². The number of H-pyrrole nitrogens is 1. The fourth-order valence-electron chi connectivity index (χ4n) is 1.23. The second kappa shape index (κ2) is 4.02. The van der Waals surface area contributed by atoms with Crippen molar-refractivity contribution in [2.75, 3.05) is 0 Å². The molecule has 0 radical (unpaired) electrons. The monoisotopic (exact) mass is 222 g/mol. The van der Waals surface area contributed by atoms with Gasteiger partial charge in [-0.15, -0.1) is 0 Å². The van der Waals surface area contributed by atoms with Crippen LogP contribution in [-0.2, 0) is 6.42 Å². The van der Waals surface area contributed by atoms with E-state index in [0.29, 0.717) is 4.64 Å². The van der Waals surface area contributed by atoms with Crippen LogP contribution in [0.5, 0.6) is 0 Å². The molecule has 4 heteroatoms. The van der Waals surface area contributed by atoms with Gasteiger partial charge in [0.2, 0.25) is 0 Å². The summed E-state index contributed by atoms with van der Waals surface area (Å²) >= 11 is 6.76. The molecule has 0 aliphatic rings. The number of aryl methyl sites for hydroxylation is 1. The Labute approximate surface area is 91.7 Å². The van der Waals surface area contributed by atoms with E-state index >= 15 is 0 Å². The van der Waals surface area contributed by atoms with E-state index in [9.17, 15) is 0 Å². The molecule has 2 heterocycles. The van der Waals surface area contributed by atoms with Gasteiger partial charge in [0.1, 0.15) is 10.5 Å². The highest BCUT2D eigenvalue weighted by Crippen LogP contribution is 2.18. The lowest BCUT2D eigenvalue weighted by molar-refractivity contribution is 1.000. The van der Waals surface area contributed by atoms with Crippen LogP contribution >= 0.6 is 23.6 Å². The van der Waals surface area contributed by atoms with Crippen LogP contribution in [0.1, 0.15) is 12.6 Å². The molecule has 0 amide bonds. The van der Waals surface area contributed by atoms with Gasteiger partial charge in [-0.25, -0.2) is 4.98 Å². The third-order valence-electron chi connectivity index (χ3n) is 1.97. The molecule has 1 N–H and O–H groups in total. The van der Waals surface area contributed by atoms with Crippen molar-refractivity contribution in [1.82, 2.24) is 9.97 Å². The smallest absolute Gasteiger partial charge is 0.139 e. The molecule has 0 saturated carbocycles. The molecular formula is C10H10N2S2. The van der Waals surface area contributed by atoms with E-state index in [1.165, 1.54) is 0 Å². The number of hydrogen-bond donors (Lipinski definition) is 1. The Morgan fingerprint density at radius 3 is 3.07 bits per heavy atom. The number of nitrogens with one attached hydrogen (secondary N) is 1. The first kappa shape index (κ1) is 9.55. The Kier molecular flexibility index (Phi) is 2.74. The summed E-state index contributed by atoms with van der Waals surface area (Å²) in [6, 6.07) is 3.95. The minimum absolute atomic E-state index is 0.654. The molecule has 0 atom stereocenters. The Bertz CT molecular complexity index is 471. The van der Waals surface area contributed by atoms with Crippen molar-refractivity contribution in [1.29, 1.82) is 0 Å². The summed E-state index contributed by atoms with van der Waals surface area (Å²) in [4.78, 5) is 7.56. The van der Waals surface area contributed by atoms with Gasteiger partial charge in [0.05, 0.1) is 0 Å². The summed E-state index contributed by atoms with van der Waals surface area (Å²) in [5.74, 6) is 0.871. The van der Waals surface area contributed by atoms with Gasteiger partial charge >= 0.3 is 0 Å². The first-order valence-corrected chi connectivity index (χ1v) is 5.77. The Morgan fingerprint density at radius 2 is 2.43 bits per heavy atom. The topological polar surface area (TPSA) is 28.7 Å². The molecule has 14 heavy (non-hydrogen) atoms. The minimum atomic E-state index is 0.654. The third-order valence-corrected chi connectivity index (χ3v) is 2.87. The van der Waals surface area contributed by atoms with Gasteiger partial charge in [0.25, 0.3) is 0 Å². The molecule has 0 spiro atoms. The molecule has 0 bridgehead atoms. The lowest BCUT2D eigenvalue weighted by Crippen LogP contribution is -1.93. The van der Waals surface area contributed by atoms with E-state index in [2.05, 4.69) is 22.3 Å². The fraction of sp³-hybridized carbons (Fsp3) is 0.200. The molecule has 2 aromatic heterocycles. The SMILES string of the molecule is CCc1cc(=S)nc(-c2ccsc2)[nH]1. The van der Waals surface area contributed by atoms with Crippen LogP contribution in [-0.4, -0.2) is 9.97 Å². The summed E-state index contributed by atoms with van der Waals surface area (Å²) < 4.78 is 0.654. The van der Waals surface area contributed by atoms with Gasteiger partial charge in [-0.1, -0.05) is 19.1 Å². The average Bonchev–Trinajstić information content (AvgIpc) is 2.69. The van der Waals surface area contributed by atoms with Crippen molar-refractivity contribution in [3.05, 3.63) is 33.2 Å². The van der Waals surface area contributed by atoms with Crippen LogP contribution in [0.3, 0.4) is 0 Å². The van der Waals surface area contributed by atoms with Gasteiger partial charge in [0.15, 0.2) is 0 Å². The van der Waals surface area contributed by atoms with Gasteiger partial charge in [-0.2, -0.15) is 11.3 Å². The standard InChI is InChI=1S/C10H10N2S2/c1-2-8-5-9(13)12-10(11-8)7-3-4-14-6-7/h3-6H,2H2,1H3,(H,11,12,13). The number of rotatable bonds is 2. The first-order chi connectivity index (χ1) is 6.79. The van der Waals surface area contributed by atoms with Gasteiger partial charge in [-0.05, 0) is 23.9 Å². The van der Waals surface area contributed by atoms with Gasteiger partial charge in [0, 0.05) is 16.6 Å². The highest BCUT2D eigenvalue weighted by atomic mass is 32.1. The largest absolute Gasteiger partial charge is 0.343 e. The van der Waals surface area contributed by atoms with E-state index in [-0.39, 0.29) is 0 Å². The van der Waals surface area contributed by atoms with Crippen LogP contribution in [0.4, 0.5) is 0 Å². The quantitative estimate of drug-likeness (QED) is 0.789. The number of nitrogens with zero attached hydrogens (tertiary/aromatic N) is 1. The van der Waals surface area contributed by atoms with E-state index in [4.69, 9.17) is 12.2 Å². The van der Waals surface area contributed by atoms with Crippen molar-refractivity contribution in [2.45, 2.75) is 13.3 Å². The predicted molar refractivity (Wildman–Crippen MR) is 62.1 cm³/mol. The molecule has 0 fully saturated rings. The van der Waals surface area contributed by atoms with Crippen LogP contribution in [0.25, 0.3) is 11.4 Å². The molecule has 72 valence electrons. The first-order valence-electron chi connectivity index (χ1n) is 4.42. The summed E-state index contributed by atoms with van der Waals surface area (Å²) in [7, 11) is 0. The zero-order valence-corrected chi connectivity index (χ0v) is 9.41. The molecule has 0 aliphatic carbocycles. The van der Waals surface area contributed by atoms with Crippen LogP contribution in [0.15, 0.2) is 22.9 Å². The highest BCUT2D eigenvalue weighted by Gasteiger charge is 2.01. The lowest BCUT2D eigenvalue weighted by Gasteiger charge is -2.01. The Morgan fingerprint density at radius 1 is 1.57 bits per heavy atom. The lowest BCUT2D eigenvalue weighted by atomic mass is 10.3.